The van der Waals surface area contributed by atoms with Gasteiger partial charge in [-0.2, -0.15) is 0 Å². The van der Waals surface area contributed by atoms with Crippen molar-refractivity contribution < 1.29 is 33.4 Å². The molecule has 1 fully saturated rings. The molecule has 3 rings (SSSR count). The zero-order valence-corrected chi connectivity index (χ0v) is 17.2. The highest BCUT2D eigenvalue weighted by Crippen LogP contribution is 2.35. The number of carboxylic acid groups (broad SMARTS) is 1. The van der Waals surface area contributed by atoms with Crippen molar-refractivity contribution in [2.45, 2.75) is 6.61 Å². The van der Waals surface area contributed by atoms with Gasteiger partial charge in [0.05, 0.1) is 7.11 Å². The Morgan fingerprint density at radius 3 is 2.57 bits per heavy atom. The molecular weight excluding hydrogens is 463 g/mol. The molecule has 1 aliphatic heterocycles. The Balaban J connectivity index is 1.82. The summed E-state index contributed by atoms with van der Waals surface area (Å²) in [7, 11) is 1.45. The van der Waals surface area contributed by atoms with Gasteiger partial charge in [0.25, 0.3) is 5.91 Å². The molecule has 0 bridgehead atoms. The van der Waals surface area contributed by atoms with Crippen molar-refractivity contribution in [3.8, 4) is 11.5 Å². The maximum atomic E-state index is 13.0. The molecule has 2 N–H and O–H groups in total. The summed E-state index contributed by atoms with van der Waals surface area (Å²) in [6.07, 6.45) is 1.40. The number of imide groups is 1. The number of methoxy groups -OCH3 is 1. The van der Waals surface area contributed by atoms with Crippen molar-refractivity contribution in [3.63, 3.8) is 0 Å². The van der Waals surface area contributed by atoms with E-state index in [0.717, 1.165) is 5.56 Å². The summed E-state index contributed by atoms with van der Waals surface area (Å²) in [6, 6.07) is 8.29. The SMILES string of the molecule is COc1cc(/C=C2/NC(=O)N(CC(=O)O)C2=O)c(Br)cc1OCc1ccc(F)cc1. The van der Waals surface area contributed by atoms with Gasteiger partial charge in [-0.05, 0) is 41.5 Å². The third kappa shape index (κ3) is 4.77. The first-order valence-electron chi connectivity index (χ1n) is 8.59. The molecule has 0 spiro atoms. The molecule has 10 heteroatoms. The Morgan fingerprint density at radius 1 is 1.23 bits per heavy atom. The van der Waals surface area contributed by atoms with Gasteiger partial charge < -0.3 is 19.9 Å². The number of carbonyl (C=O) groups is 3. The van der Waals surface area contributed by atoms with Crippen LogP contribution in [0.4, 0.5) is 9.18 Å². The number of hydrogen-bond acceptors (Lipinski definition) is 5. The number of aliphatic carboxylic acids is 1. The smallest absolute Gasteiger partial charge is 0.329 e. The summed E-state index contributed by atoms with van der Waals surface area (Å²) in [5, 5.41) is 11.2. The Bertz CT molecular complexity index is 1040. The van der Waals surface area contributed by atoms with Crippen molar-refractivity contribution in [3.05, 3.63) is 63.5 Å². The molecule has 2 aromatic carbocycles. The first kappa shape index (κ1) is 21.3. The largest absolute Gasteiger partial charge is 0.493 e. The number of ether oxygens (including phenoxy) is 2. The summed E-state index contributed by atoms with van der Waals surface area (Å²) < 4.78 is 24.7. The van der Waals surface area contributed by atoms with E-state index in [9.17, 15) is 18.8 Å². The lowest BCUT2D eigenvalue weighted by atomic mass is 10.1. The quantitative estimate of drug-likeness (QED) is 0.467. The van der Waals surface area contributed by atoms with Crippen LogP contribution in [0.25, 0.3) is 6.08 Å². The summed E-state index contributed by atoms with van der Waals surface area (Å²) in [4.78, 5) is 35.5. The van der Waals surface area contributed by atoms with Crippen LogP contribution < -0.4 is 14.8 Å². The maximum Gasteiger partial charge on any atom is 0.329 e. The Hall–Kier alpha value is -3.40. The van der Waals surface area contributed by atoms with E-state index in [1.165, 1.54) is 25.3 Å². The first-order valence-corrected chi connectivity index (χ1v) is 9.39. The lowest BCUT2D eigenvalue weighted by Crippen LogP contribution is -2.35. The number of halogens is 2. The minimum Gasteiger partial charge on any atom is -0.493 e. The Kier molecular flexibility index (Phi) is 6.36. The standard InChI is InChI=1S/C20H16BrFN2O6/c1-29-16-7-12(6-15-19(27)24(9-18(25)26)20(28)23-15)14(21)8-17(16)30-10-11-2-4-13(22)5-3-11/h2-8H,9-10H2,1H3,(H,23,28)(H,25,26)/b15-6+. The molecule has 1 heterocycles. The number of amides is 3. The number of carbonyl (C=O) groups excluding carboxylic acids is 2. The van der Waals surface area contributed by atoms with Gasteiger partial charge in [0.2, 0.25) is 0 Å². The van der Waals surface area contributed by atoms with Crippen LogP contribution in [0.5, 0.6) is 11.5 Å². The fourth-order valence-corrected chi connectivity index (χ4v) is 3.12. The van der Waals surface area contributed by atoms with E-state index in [0.29, 0.717) is 26.4 Å². The molecule has 8 nitrogen and oxygen atoms in total. The number of nitrogens with zero attached hydrogens (tertiary/aromatic N) is 1. The van der Waals surface area contributed by atoms with Crippen molar-refractivity contribution >= 4 is 39.9 Å². The summed E-state index contributed by atoms with van der Waals surface area (Å²) >= 11 is 3.38. The van der Waals surface area contributed by atoms with E-state index in [1.807, 2.05) is 0 Å². The first-order chi connectivity index (χ1) is 14.3. The second-order valence-electron chi connectivity index (χ2n) is 6.21. The topological polar surface area (TPSA) is 105 Å². The van der Waals surface area contributed by atoms with Crippen LogP contribution in [-0.4, -0.2) is 41.6 Å². The van der Waals surface area contributed by atoms with Gasteiger partial charge in [0.1, 0.15) is 24.7 Å². The lowest BCUT2D eigenvalue weighted by Gasteiger charge is -2.13. The average Bonchev–Trinajstić information content (AvgIpc) is 2.96. The van der Waals surface area contributed by atoms with Crippen molar-refractivity contribution in [1.29, 1.82) is 0 Å². The monoisotopic (exact) mass is 478 g/mol. The molecule has 1 saturated heterocycles. The summed E-state index contributed by atoms with van der Waals surface area (Å²) in [6.45, 7) is -0.551. The molecule has 0 atom stereocenters. The highest BCUT2D eigenvalue weighted by atomic mass is 79.9. The third-order valence-electron chi connectivity index (χ3n) is 4.15. The van der Waals surface area contributed by atoms with E-state index in [2.05, 4.69) is 21.2 Å². The molecule has 156 valence electrons. The van der Waals surface area contributed by atoms with E-state index in [1.54, 1.807) is 24.3 Å². The lowest BCUT2D eigenvalue weighted by molar-refractivity contribution is -0.140. The zero-order valence-electron chi connectivity index (χ0n) is 15.6. The highest BCUT2D eigenvalue weighted by molar-refractivity contribution is 9.10. The van der Waals surface area contributed by atoms with Gasteiger partial charge in [-0.3, -0.25) is 9.59 Å². The predicted molar refractivity (Wildman–Crippen MR) is 107 cm³/mol. The van der Waals surface area contributed by atoms with Crippen LogP contribution in [0.2, 0.25) is 0 Å². The van der Waals surface area contributed by atoms with E-state index in [-0.39, 0.29) is 18.1 Å². The number of hydrogen-bond donors (Lipinski definition) is 2. The van der Waals surface area contributed by atoms with E-state index in [4.69, 9.17) is 14.6 Å². The van der Waals surface area contributed by atoms with Gasteiger partial charge in [-0.15, -0.1) is 0 Å². The Labute approximate surface area is 179 Å². The number of nitrogens with one attached hydrogen (secondary N) is 1. The van der Waals surface area contributed by atoms with Crippen LogP contribution >= 0.6 is 15.9 Å². The second-order valence-corrected chi connectivity index (χ2v) is 7.07. The number of carboxylic acids is 1. The number of rotatable bonds is 7. The van der Waals surface area contributed by atoms with Gasteiger partial charge in [-0.25, -0.2) is 14.1 Å². The normalized spacial score (nSPS) is 14.8. The van der Waals surface area contributed by atoms with E-state index >= 15 is 0 Å². The molecule has 0 unspecified atom stereocenters. The van der Waals surface area contributed by atoms with Gasteiger partial charge in [0.15, 0.2) is 11.5 Å². The molecule has 0 aliphatic carbocycles. The van der Waals surface area contributed by atoms with Gasteiger partial charge in [0, 0.05) is 4.47 Å². The second kappa shape index (κ2) is 8.95. The highest BCUT2D eigenvalue weighted by Gasteiger charge is 2.35. The third-order valence-corrected chi connectivity index (χ3v) is 4.83. The molecule has 2 aromatic rings. The molecule has 0 aromatic heterocycles. The van der Waals surface area contributed by atoms with Gasteiger partial charge >= 0.3 is 12.0 Å². The van der Waals surface area contributed by atoms with Crippen LogP contribution in [0.3, 0.4) is 0 Å². The maximum absolute atomic E-state index is 13.0. The summed E-state index contributed by atoms with van der Waals surface area (Å²) in [5.74, 6) is -1.61. The molecule has 1 aliphatic rings. The fraction of sp³-hybridized carbons (Fsp3) is 0.150. The molecule has 30 heavy (non-hydrogen) atoms. The minimum atomic E-state index is -1.30. The molecule has 0 radical (unpaired) electrons. The average molecular weight is 479 g/mol. The predicted octanol–water partition coefficient (Wildman–Crippen LogP) is 3.15. The van der Waals surface area contributed by atoms with Crippen LogP contribution in [0, 0.1) is 5.82 Å². The van der Waals surface area contributed by atoms with E-state index < -0.39 is 24.5 Å². The fourth-order valence-electron chi connectivity index (χ4n) is 2.68. The molecule has 3 amide bonds. The number of benzene rings is 2. The molecular formula is C20H16BrFN2O6. The minimum absolute atomic E-state index is 0.0658. The van der Waals surface area contributed by atoms with Crippen molar-refractivity contribution in [1.82, 2.24) is 10.2 Å². The van der Waals surface area contributed by atoms with Gasteiger partial charge in [-0.1, -0.05) is 28.1 Å². The van der Waals surface area contributed by atoms with Crippen molar-refractivity contribution in [2.75, 3.05) is 13.7 Å². The van der Waals surface area contributed by atoms with Crippen molar-refractivity contribution in [2.24, 2.45) is 0 Å². The zero-order chi connectivity index (χ0) is 21.8. The summed E-state index contributed by atoms with van der Waals surface area (Å²) in [5.41, 5.74) is 1.20. The van der Waals surface area contributed by atoms with Crippen LogP contribution in [-0.2, 0) is 16.2 Å². The Morgan fingerprint density at radius 2 is 1.93 bits per heavy atom. The number of urea groups is 1. The van der Waals surface area contributed by atoms with Crippen LogP contribution in [0.1, 0.15) is 11.1 Å². The van der Waals surface area contributed by atoms with Crippen LogP contribution in [0.15, 0.2) is 46.6 Å². The molecule has 0 saturated carbocycles.